The number of carbonyl (C=O) groups is 1. The monoisotopic (exact) mass is 358 g/mol. The molecule has 0 aliphatic rings. The Balaban J connectivity index is 1.89. The van der Waals surface area contributed by atoms with E-state index in [1.54, 1.807) is 38.3 Å². The van der Waals surface area contributed by atoms with E-state index < -0.39 is 0 Å². The third-order valence-electron chi connectivity index (χ3n) is 3.52. The smallest absolute Gasteiger partial charge is 0.252 e. The Morgan fingerprint density at radius 3 is 2.60 bits per heavy atom. The van der Waals surface area contributed by atoms with Gasteiger partial charge in [-0.05, 0) is 24.6 Å². The zero-order valence-electron chi connectivity index (χ0n) is 14.6. The molecule has 2 rings (SSSR count). The minimum absolute atomic E-state index is 0.140. The zero-order valence-corrected chi connectivity index (χ0v) is 15.4. The van der Waals surface area contributed by atoms with Crippen LogP contribution < -0.4 is 14.9 Å². The number of methoxy groups -OCH3 is 2. The molecule has 0 aromatic heterocycles. The van der Waals surface area contributed by atoms with Crippen molar-refractivity contribution in [2.24, 2.45) is 5.10 Å². The van der Waals surface area contributed by atoms with Gasteiger partial charge in [-0.1, -0.05) is 36.4 Å². The van der Waals surface area contributed by atoms with Gasteiger partial charge in [0.05, 0.1) is 25.7 Å². The van der Waals surface area contributed by atoms with E-state index in [-0.39, 0.29) is 11.2 Å². The van der Waals surface area contributed by atoms with E-state index in [1.165, 1.54) is 5.56 Å². The summed E-state index contributed by atoms with van der Waals surface area (Å²) in [5.74, 6) is 1.83. The van der Waals surface area contributed by atoms with Gasteiger partial charge < -0.3 is 9.47 Å². The van der Waals surface area contributed by atoms with E-state index in [1.807, 2.05) is 49.4 Å². The van der Waals surface area contributed by atoms with Crippen LogP contribution in [-0.4, -0.2) is 31.6 Å². The first-order valence-electron chi connectivity index (χ1n) is 7.85. The Labute approximate surface area is 152 Å². The Bertz CT molecular complexity index is 720. The van der Waals surface area contributed by atoms with Gasteiger partial charge in [-0.2, -0.15) is 5.10 Å². The van der Waals surface area contributed by atoms with Gasteiger partial charge in [-0.3, -0.25) is 4.79 Å². The van der Waals surface area contributed by atoms with Crippen LogP contribution >= 0.6 is 11.8 Å². The molecule has 5 nitrogen and oxygen atoms in total. The average Bonchev–Trinajstić information content (AvgIpc) is 2.66. The predicted octanol–water partition coefficient (Wildman–Crippen LogP) is 3.48. The molecule has 0 bridgehead atoms. The van der Waals surface area contributed by atoms with Gasteiger partial charge in [0.25, 0.3) is 5.91 Å². The second-order valence-electron chi connectivity index (χ2n) is 5.26. The Kier molecular flexibility index (Phi) is 7.35. The highest BCUT2D eigenvalue weighted by Crippen LogP contribution is 2.29. The third-order valence-corrected chi connectivity index (χ3v) is 4.74. The molecule has 0 aliphatic heterocycles. The standard InChI is InChI=1S/C19H22N2O3S/c1-14(25-13-15-8-5-4-6-9-15)19(22)21-20-12-16-10-7-11-17(23-2)18(16)24-3/h4-12,14H,13H2,1-3H3,(H,21,22). The van der Waals surface area contributed by atoms with E-state index in [4.69, 9.17) is 9.47 Å². The summed E-state index contributed by atoms with van der Waals surface area (Å²) in [5, 5.41) is 3.82. The van der Waals surface area contributed by atoms with Crippen molar-refractivity contribution in [2.75, 3.05) is 14.2 Å². The number of hydrogen-bond acceptors (Lipinski definition) is 5. The lowest BCUT2D eigenvalue weighted by Crippen LogP contribution is -2.27. The van der Waals surface area contributed by atoms with Gasteiger partial charge in [0.15, 0.2) is 11.5 Å². The number of hydrazone groups is 1. The van der Waals surface area contributed by atoms with Crippen molar-refractivity contribution in [1.29, 1.82) is 0 Å². The number of para-hydroxylation sites is 1. The average molecular weight is 358 g/mol. The predicted molar refractivity (Wildman–Crippen MR) is 102 cm³/mol. The van der Waals surface area contributed by atoms with Crippen LogP contribution in [0.1, 0.15) is 18.1 Å². The molecule has 2 aromatic rings. The summed E-state index contributed by atoms with van der Waals surface area (Å²) < 4.78 is 10.6. The molecule has 2 aromatic carbocycles. The molecule has 0 aliphatic carbocycles. The summed E-state index contributed by atoms with van der Waals surface area (Å²) in [6, 6.07) is 15.5. The zero-order chi connectivity index (χ0) is 18.1. The molecule has 1 atom stereocenters. The van der Waals surface area contributed by atoms with Crippen molar-refractivity contribution in [3.63, 3.8) is 0 Å². The molecule has 132 valence electrons. The van der Waals surface area contributed by atoms with Crippen LogP contribution in [0.15, 0.2) is 53.6 Å². The molecular formula is C19H22N2O3S. The highest BCUT2D eigenvalue weighted by molar-refractivity contribution is 7.99. The van der Waals surface area contributed by atoms with Crippen LogP contribution in [0.4, 0.5) is 0 Å². The Morgan fingerprint density at radius 1 is 1.16 bits per heavy atom. The molecule has 0 radical (unpaired) electrons. The minimum atomic E-state index is -0.204. The maximum Gasteiger partial charge on any atom is 0.252 e. The number of carbonyl (C=O) groups excluding carboxylic acids is 1. The number of nitrogens with one attached hydrogen (secondary N) is 1. The topological polar surface area (TPSA) is 59.9 Å². The van der Waals surface area contributed by atoms with Gasteiger partial charge >= 0.3 is 0 Å². The largest absolute Gasteiger partial charge is 0.493 e. The van der Waals surface area contributed by atoms with E-state index in [2.05, 4.69) is 10.5 Å². The lowest BCUT2D eigenvalue weighted by atomic mass is 10.2. The first-order chi connectivity index (χ1) is 12.2. The van der Waals surface area contributed by atoms with Crippen molar-refractivity contribution in [3.05, 3.63) is 59.7 Å². The summed E-state index contributed by atoms with van der Waals surface area (Å²) in [5.41, 5.74) is 4.49. The van der Waals surface area contributed by atoms with Gasteiger partial charge in [0.1, 0.15) is 0 Å². The molecule has 6 heteroatoms. The SMILES string of the molecule is COc1cccc(C=NNC(=O)C(C)SCc2ccccc2)c1OC. The van der Waals surface area contributed by atoms with Crippen molar-refractivity contribution < 1.29 is 14.3 Å². The second-order valence-corrected chi connectivity index (χ2v) is 6.58. The number of amides is 1. The molecule has 25 heavy (non-hydrogen) atoms. The van der Waals surface area contributed by atoms with Gasteiger partial charge in [0.2, 0.25) is 0 Å². The number of ether oxygens (including phenoxy) is 2. The van der Waals surface area contributed by atoms with Gasteiger partial charge in [-0.25, -0.2) is 5.43 Å². The molecule has 1 unspecified atom stereocenters. The maximum atomic E-state index is 12.1. The Hall–Kier alpha value is -2.47. The van der Waals surface area contributed by atoms with E-state index >= 15 is 0 Å². The second kappa shape index (κ2) is 9.74. The molecule has 0 saturated carbocycles. The van der Waals surface area contributed by atoms with Crippen molar-refractivity contribution >= 4 is 23.9 Å². The highest BCUT2D eigenvalue weighted by Gasteiger charge is 2.13. The van der Waals surface area contributed by atoms with Crippen LogP contribution in [0.3, 0.4) is 0 Å². The van der Waals surface area contributed by atoms with Gasteiger partial charge in [0, 0.05) is 11.3 Å². The normalized spacial score (nSPS) is 12.0. The number of hydrogen-bond donors (Lipinski definition) is 1. The molecule has 1 N–H and O–H groups in total. The first-order valence-corrected chi connectivity index (χ1v) is 8.90. The fraction of sp³-hybridized carbons (Fsp3) is 0.263. The fourth-order valence-corrected chi connectivity index (χ4v) is 2.98. The molecule has 0 fully saturated rings. The highest BCUT2D eigenvalue weighted by atomic mass is 32.2. The van der Waals surface area contributed by atoms with Crippen LogP contribution in [-0.2, 0) is 10.5 Å². The number of rotatable bonds is 8. The summed E-state index contributed by atoms with van der Waals surface area (Å²) in [7, 11) is 3.14. The van der Waals surface area contributed by atoms with Crippen molar-refractivity contribution in [3.8, 4) is 11.5 Å². The van der Waals surface area contributed by atoms with E-state index in [9.17, 15) is 4.79 Å². The van der Waals surface area contributed by atoms with E-state index in [0.717, 1.165) is 11.3 Å². The fourth-order valence-electron chi connectivity index (χ4n) is 2.14. The van der Waals surface area contributed by atoms with Crippen LogP contribution in [0.2, 0.25) is 0 Å². The van der Waals surface area contributed by atoms with Crippen molar-refractivity contribution in [2.45, 2.75) is 17.9 Å². The quantitative estimate of drug-likeness (QED) is 0.580. The summed E-state index contributed by atoms with van der Waals surface area (Å²) >= 11 is 1.57. The molecule has 0 saturated heterocycles. The lowest BCUT2D eigenvalue weighted by Gasteiger charge is -2.10. The summed E-state index contributed by atoms with van der Waals surface area (Å²) in [4.78, 5) is 12.1. The first kappa shape index (κ1) is 18.9. The Morgan fingerprint density at radius 2 is 1.92 bits per heavy atom. The van der Waals surface area contributed by atoms with Crippen LogP contribution in [0.5, 0.6) is 11.5 Å². The van der Waals surface area contributed by atoms with Gasteiger partial charge in [-0.15, -0.1) is 11.8 Å². The minimum Gasteiger partial charge on any atom is -0.493 e. The third kappa shape index (κ3) is 5.53. The van der Waals surface area contributed by atoms with Crippen molar-refractivity contribution in [1.82, 2.24) is 5.43 Å². The number of benzene rings is 2. The van der Waals surface area contributed by atoms with Crippen LogP contribution in [0, 0.1) is 0 Å². The number of thioether (sulfide) groups is 1. The molecule has 1 amide bonds. The number of nitrogens with zero attached hydrogens (tertiary/aromatic N) is 1. The summed E-state index contributed by atoms with van der Waals surface area (Å²) in [6.07, 6.45) is 1.55. The van der Waals surface area contributed by atoms with E-state index in [0.29, 0.717) is 11.5 Å². The maximum absolute atomic E-state index is 12.1. The van der Waals surface area contributed by atoms with Crippen LogP contribution in [0.25, 0.3) is 0 Å². The molecular weight excluding hydrogens is 336 g/mol. The lowest BCUT2D eigenvalue weighted by molar-refractivity contribution is -0.120. The summed E-state index contributed by atoms with van der Waals surface area (Å²) in [6.45, 7) is 1.87. The molecule has 0 spiro atoms. The molecule has 0 heterocycles.